The maximum atomic E-state index is 14.5. The van der Waals surface area contributed by atoms with Gasteiger partial charge in [0.1, 0.15) is 11.9 Å². The maximum absolute atomic E-state index is 14.5. The lowest BCUT2D eigenvalue weighted by Crippen LogP contribution is -2.43. The van der Waals surface area contributed by atoms with Crippen molar-refractivity contribution in [3.63, 3.8) is 0 Å². The molecule has 1 aliphatic rings. The predicted octanol–water partition coefficient (Wildman–Crippen LogP) is 2.11. The molecule has 39 heavy (non-hydrogen) atoms. The summed E-state index contributed by atoms with van der Waals surface area (Å²) in [6, 6.07) is 2.86. The molecular formula is C27H30FN5O6. The number of amides is 1. The zero-order valence-electron chi connectivity index (χ0n) is 22.3. The summed E-state index contributed by atoms with van der Waals surface area (Å²) < 4.78 is 26.8. The molecule has 0 bridgehead atoms. The highest BCUT2D eigenvalue weighted by Gasteiger charge is 2.49. The maximum Gasteiger partial charge on any atom is 0.312 e. The average Bonchev–Trinajstić information content (AvgIpc) is 3.38. The molecule has 2 aromatic heterocycles. The van der Waals surface area contributed by atoms with E-state index in [1.54, 1.807) is 6.07 Å². The van der Waals surface area contributed by atoms with Gasteiger partial charge in [-0.05, 0) is 31.0 Å². The van der Waals surface area contributed by atoms with Gasteiger partial charge in [-0.15, -0.1) is 6.42 Å². The van der Waals surface area contributed by atoms with E-state index in [9.17, 15) is 24.2 Å². The molecule has 206 valence electrons. The molecule has 1 fully saturated rings. The third kappa shape index (κ3) is 5.21. The normalized spacial score (nSPS) is 21.1. The number of hydrogen-bond donors (Lipinski definition) is 3. The van der Waals surface area contributed by atoms with Gasteiger partial charge in [-0.1, -0.05) is 25.8 Å². The van der Waals surface area contributed by atoms with E-state index in [4.69, 9.17) is 15.9 Å². The second kappa shape index (κ2) is 10.3. The number of nitrogens with zero attached hydrogens (tertiary/aromatic N) is 4. The van der Waals surface area contributed by atoms with E-state index in [1.807, 2.05) is 33.8 Å². The van der Waals surface area contributed by atoms with Crippen molar-refractivity contribution in [2.75, 3.05) is 18.5 Å². The number of carbonyl (C=O) groups excluding carboxylic acids is 2. The minimum atomic E-state index is -1.62. The summed E-state index contributed by atoms with van der Waals surface area (Å²) in [4.78, 5) is 36.7. The van der Waals surface area contributed by atoms with Gasteiger partial charge >= 0.3 is 12.0 Å². The minimum absolute atomic E-state index is 0.00185. The number of terminal acetylenes is 1. The van der Waals surface area contributed by atoms with E-state index in [1.165, 1.54) is 17.8 Å². The Hall–Kier alpha value is -3.92. The van der Waals surface area contributed by atoms with Crippen LogP contribution in [0.2, 0.25) is 0 Å². The van der Waals surface area contributed by atoms with E-state index in [0.29, 0.717) is 11.3 Å². The van der Waals surface area contributed by atoms with Crippen molar-refractivity contribution in [3.05, 3.63) is 41.2 Å². The van der Waals surface area contributed by atoms with Gasteiger partial charge in [-0.3, -0.25) is 9.59 Å². The number of aromatic nitrogens is 4. The van der Waals surface area contributed by atoms with Crippen molar-refractivity contribution in [2.24, 2.45) is 0 Å². The summed E-state index contributed by atoms with van der Waals surface area (Å²) in [5, 5.41) is 23.0. The minimum Gasteiger partial charge on any atom is -0.426 e. The number of hydrogen-bond acceptors (Lipinski definition) is 9. The molecule has 1 aromatic carbocycles. The molecule has 3 atom stereocenters. The first-order valence-electron chi connectivity index (χ1n) is 12.2. The molecule has 1 aliphatic heterocycles. The van der Waals surface area contributed by atoms with Crippen LogP contribution in [-0.4, -0.2) is 66.5 Å². The first kappa shape index (κ1) is 28.1. The Kier molecular flexibility index (Phi) is 7.44. The van der Waals surface area contributed by atoms with E-state index in [-0.39, 0.29) is 30.0 Å². The number of benzene rings is 1. The van der Waals surface area contributed by atoms with Crippen LogP contribution in [0.1, 0.15) is 49.9 Å². The summed E-state index contributed by atoms with van der Waals surface area (Å²) in [5.41, 5.74) is 0.128. The fourth-order valence-corrected chi connectivity index (χ4v) is 5.18. The molecule has 3 N–H and O–H groups in total. The Morgan fingerprint density at radius 2 is 2.08 bits per heavy atom. The van der Waals surface area contributed by atoms with Gasteiger partial charge < -0.3 is 29.6 Å². The third-order valence-corrected chi connectivity index (χ3v) is 6.82. The van der Waals surface area contributed by atoms with E-state index in [0.717, 1.165) is 11.1 Å². The quantitative estimate of drug-likeness (QED) is 0.178. The van der Waals surface area contributed by atoms with E-state index in [2.05, 4.69) is 26.2 Å². The fraction of sp³-hybridized carbons (Fsp3) is 0.444. The molecule has 3 aromatic rings. The van der Waals surface area contributed by atoms with Gasteiger partial charge in [-0.2, -0.15) is 14.4 Å². The molecule has 1 amide bonds. The number of carbonyl (C=O) groups is 2. The number of aliphatic hydroxyl groups excluding tert-OH is 2. The highest BCUT2D eigenvalue weighted by Crippen LogP contribution is 2.39. The number of esters is 1. The second-order valence-corrected chi connectivity index (χ2v) is 10.3. The number of halogens is 1. The topological polar surface area (TPSA) is 149 Å². The summed E-state index contributed by atoms with van der Waals surface area (Å²) in [5.74, 6) is 1.52. The Morgan fingerprint density at radius 1 is 1.36 bits per heavy atom. The van der Waals surface area contributed by atoms with Crippen LogP contribution in [0.25, 0.3) is 11.2 Å². The molecular weight excluding hydrogens is 509 g/mol. The van der Waals surface area contributed by atoms with Crippen LogP contribution in [0, 0.1) is 32.3 Å². The number of nitrogens with one attached hydrogen (secondary N) is 1. The van der Waals surface area contributed by atoms with Gasteiger partial charge in [-0.25, -0.2) is 4.98 Å². The first-order valence-corrected chi connectivity index (χ1v) is 12.2. The summed E-state index contributed by atoms with van der Waals surface area (Å²) in [6.45, 7) is 8.03. The number of fused-ring (bicyclic) bond motifs is 1. The van der Waals surface area contributed by atoms with Crippen LogP contribution in [-0.2, 0) is 19.7 Å². The molecule has 0 unspecified atom stereocenters. The second-order valence-electron chi connectivity index (χ2n) is 10.3. The molecule has 0 radical (unpaired) electrons. The zero-order chi connectivity index (χ0) is 28.7. The number of imidazole rings is 1. The number of rotatable bonds is 7. The predicted molar refractivity (Wildman–Crippen MR) is 138 cm³/mol. The molecule has 0 aliphatic carbocycles. The van der Waals surface area contributed by atoms with Gasteiger partial charge in [0.2, 0.25) is 5.91 Å². The van der Waals surface area contributed by atoms with Crippen molar-refractivity contribution < 1.29 is 33.7 Å². The SMILES string of the molecule is C#C[C@]1(CO)OC[C@@H](n2cnc3c(NC(=O)CC(C)(C)c4c(C)cc(C)cc4OC(C)=O)nc(F)nc32)[C@@H]1O. The van der Waals surface area contributed by atoms with Crippen LogP contribution < -0.4 is 10.1 Å². The van der Waals surface area contributed by atoms with Crippen molar-refractivity contribution >= 4 is 28.9 Å². The highest BCUT2D eigenvalue weighted by molar-refractivity contribution is 5.97. The number of aliphatic hydroxyl groups is 2. The molecule has 1 saturated heterocycles. The van der Waals surface area contributed by atoms with Crippen molar-refractivity contribution in [1.82, 2.24) is 19.5 Å². The Bertz CT molecular complexity index is 1500. The van der Waals surface area contributed by atoms with Gasteiger partial charge in [0.25, 0.3) is 0 Å². The number of ether oxygens (including phenoxy) is 2. The van der Waals surface area contributed by atoms with Crippen LogP contribution in [0.4, 0.5) is 10.2 Å². The fourth-order valence-electron chi connectivity index (χ4n) is 5.18. The lowest BCUT2D eigenvalue weighted by atomic mass is 9.78. The molecule has 3 heterocycles. The van der Waals surface area contributed by atoms with Crippen LogP contribution in [0.5, 0.6) is 5.75 Å². The highest BCUT2D eigenvalue weighted by atomic mass is 19.1. The smallest absolute Gasteiger partial charge is 0.312 e. The van der Waals surface area contributed by atoms with Crippen LogP contribution in [0.3, 0.4) is 0 Å². The lowest BCUT2D eigenvalue weighted by Gasteiger charge is -2.29. The molecule has 12 heteroatoms. The number of aryl methyl sites for hydroxylation is 2. The van der Waals surface area contributed by atoms with Crippen LogP contribution >= 0.6 is 0 Å². The Balaban J connectivity index is 1.63. The Morgan fingerprint density at radius 3 is 2.69 bits per heavy atom. The monoisotopic (exact) mass is 539 g/mol. The van der Waals surface area contributed by atoms with Crippen LogP contribution in [0.15, 0.2) is 18.5 Å². The molecule has 11 nitrogen and oxygen atoms in total. The molecule has 4 rings (SSSR count). The lowest BCUT2D eigenvalue weighted by molar-refractivity contribution is -0.131. The van der Waals surface area contributed by atoms with E-state index < -0.39 is 47.7 Å². The molecule has 0 spiro atoms. The summed E-state index contributed by atoms with van der Waals surface area (Å²) in [6.07, 6.45) is 4.26. The van der Waals surface area contributed by atoms with Gasteiger partial charge in [0, 0.05) is 24.3 Å². The third-order valence-electron chi connectivity index (χ3n) is 6.82. The average molecular weight is 540 g/mol. The van der Waals surface area contributed by atoms with Gasteiger partial charge in [0.05, 0.1) is 25.6 Å². The van der Waals surface area contributed by atoms with Crippen molar-refractivity contribution in [1.29, 1.82) is 0 Å². The Labute approximate surface area is 224 Å². The standard InChI is InChI=1S/C27H30FN5O6/c1-7-27(12-34)22(37)17(11-38-27)33-13-29-21-23(31-25(28)32-24(21)33)30-19(36)10-26(5,6)20-15(3)8-14(2)9-18(20)39-16(4)35/h1,8-9,13,17,22,34,37H,10-12H2,2-6H3,(H,30,31,32,36)/t17-,22+,27-/m1/s1. The zero-order valence-corrected chi connectivity index (χ0v) is 22.3. The van der Waals surface area contributed by atoms with Crippen molar-refractivity contribution in [3.8, 4) is 18.1 Å². The first-order chi connectivity index (χ1) is 18.3. The van der Waals surface area contributed by atoms with Crippen molar-refractivity contribution in [2.45, 2.75) is 64.2 Å². The van der Waals surface area contributed by atoms with Gasteiger partial charge in [0.15, 0.2) is 22.6 Å². The molecule has 0 saturated carbocycles. The summed E-state index contributed by atoms with van der Waals surface area (Å²) >= 11 is 0. The largest absolute Gasteiger partial charge is 0.426 e. The summed E-state index contributed by atoms with van der Waals surface area (Å²) in [7, 11) is 0. The van der Waals surface area contributed by atoms with E-state index >= 15 is 0 Å². The number of anilines is 1.